The molecule has 0 radical (unpaired) electrons. The fourth-order valence-corrected chi connectivity index (χ4v) is 1.42. The first-order valence-corrected chi connectivity index (χ1v) is 3.86. The first-order valence-electron chi connectivity index (χ1n) is 3.48. The fourth-order valence-electron chi connectivity index (χ4n) is 1.09. The Morgan fingerprint density at radius 3 is 2.90 bits per heavy atom. The summed E-state index contributed by atoms with van der Waals surface area (Å²) in [6.07, 6.45) is 7.84. The second-order valence-electron chi connectivity index (χ2n) is 2.73. The van der Waals surface area contributed by atoms with E-state index in [1.807, 2.05) is 12.3 Å². The zero-order chi connectivity index (χ0) is 7.03. The van der Waals surface area contributed by atoms with Crippen molar-refractivity contribution in [3.8, 4) is 0 Å². The smallest absolute Gasteiger partial charge is 0.208 e. The highest BCUT2D eigenvalue weighted by molar-refractivity contribution is 6.24. The third kappa shape index (κ3) is 0.926. The number of hydrogen-bond donors (Lipinski definition) is 1. The lowest BCUT2D eigenvalue weighted by Gasteiger charge is -2.24. The summed E-state index contributed by atoms with van der Waals surface area (Å²) in [7, 11) is 0. The molecule has 1 fully saturated rings. The number of hydrogen-bond acceptors (Lipinski definition) is 2. The van der Waals surface area contributed by atoms with Gasteiger partial charge in [-0.25, -0.2) is 4.99 Å². The zero-order valence-corrected chi connectivity index (χ0v) is 6.30. The summed E-state index contributed by atoms with van der Waals surface area (Å²) in [5, 5.41) is 2.54. The highest BCUT2D eigenvalue weighted by Gasteiger charge is 2.43. The Hall–Kier alpha value is -0.500. The predicted molar refractivity (Wildman–Crippen MR) is 42.1 cm³/mol. The van der Waals surface area contributed by atoms with Crippen molar-refractivity contribution in [1.29, 1.82) is 0 Å². The highest BCUT2D eigenvalue weighted by atomic mass is 35.5. The van der Waals surface area contributed by atoms with E-state index in [1.165, 1.54) is 12.8 Å². The van der Waals surface area contributed by atoms with Crippen LogP contribution in [0.25, 0.3) is 0 Å². The predicted octanol–water partition coefficient (Wildman–Crippen LogP) is 1.48. The molecular formula is C7H9ClN2. The molecule has 0 aromatic carbocycles. The van der Waals surface area contributed by atoms with Gasteiger partial charge in [-0.3, -0.25) is 0 Å². The van der Waals surface area contributed by atoms with Crippen LogP contribution in [0.3, 0.4) is 0 Å². The Morgan fingerprint density at radius 1 is 1.60 bits per heavy atom. The molecule has 2 nitrogen and oxygen atoms in total. The molecule has 0 saturated heterocycles. The van der Waals surface area contributed by atoms with Gasteiger partial charge in [0.25, 0.3) is 0 Å². The van der Waals surface area contributed by atoms with Crippen molar-refractivity contribution < 1.29 is 0 Å². The zero-order valence-electron chi connectivity index (χ0n) is 5.55. The van der Waals surface area contributed by atoms with Gasteiger partial charge in [-0.05, 0) is 18.9 Å². The third-order valence-electron chi connectivity index (χ3n) is 1.85. The maximum Gasteiger partial charge on any atom is 0.208 e. The SMILES string of the molecule is ClC1(C2CC2)N=CC=CN1. The van der Waals surface area contributed by atoms with E-state index in [9.17, 15) is 0 Å². The molecule has 1 unspecified atom stereocenters. The highest BCUT2D eigenvalue weighted by Crippen LogP contribution is 2.43. The molecule has 10 heavy (non-hydrogen) atoms. The van der Waals surface area contributed by atoms with Crippen LogP contribution in [0.5, 0.6) is 0 Å². The van der Waals surface area contributed by atoms with Crippen molar-refractivity contribution in [2.24, 2.45) is 10.9 Å². The summed E-state index contributed by atoms with van der Waals surface area (Å²) in [6, 6.07) is 0. The molecule has 0 aromatic heterocycles. The van der Waals surface area contributed by atoms with E-state index < -0.39 is 5.12 Å². The van der Waals surface area contributed by atoms with Crippen LogP contribution >= 0.6 is 11.6 Å². The Labute approximate surface area is 65.0 Å². The average molecular weight is 157 g/mol. The largest absolute Gasteiger partial charge is 0.355 e. The van der Waals surface area contributed by atoms with Crippen molar-refractivity contribution >= 4 is 17.8 Å². The van der Waals surface area contributed by atoms with E-state index in [0.29, 0.717) is 5.92 Å². The molecule has 2 aliphatic rings. The van der Waals surface area contributed by atoms with E-state index in [-0.39, 0.29) is 0 Å². The summed E-state index contributed by atoms with van der Waals surface area (Å²) in [6.45, 7) is 0. The third-order valence-corrected chi connectivity index (χ3v) is 2.36. The Balaban J connectivity index is 2.14. The van der Waals surface area contributed by atoms with Crippen molar-refractivity contribution in [3.05, 3.63) is 12.3 Å². The van der Waals surface area contributed by atoms with E-state index in [4.69, 9.17) is 11.6 Å². The molecule has 1 aliphatic heterocycles. The quantitative estimate of drug-likeness (QED) is 0.452. The van der Waals surface area contributed by atoms with E-state index in [1.54, 1.807) is 6.21 Å². The minimum atomic E-state index is -0.505. The van der Waals surface area contributed by atoms with Gasteiger partial charge in [0.15, 0.2) is 0 Å². The molecule has 0 spiro atoms. The molecule has 0 bridgehead atoms. The molecule has 0 aromatic rings. The number of aliphatic imine (C=N–C) groups is 1. The molecule has 1 aliphatic carbocycles. The van der Waals surface area contributed by atoms with Crippen LogP contribution in [-0.2, 0) is 0 Å². The number of alkyl halides is 1. The van der Waals surface area contributed by atoms with Crippen LogP contribution in [0.15, 0.2) is 17.3 Å². The second-order valence-corrected chi connectivity index (χ2v) is 3.31. The van der Waals surface area contributed by atoms with Gasteiger partial charge in [-0.1, -0.05) is 11.6 Å². The molecule has 1 N–H and O–H groups in total. The summed E-state index contributed by atoms with van der Waals surface area (Å²) in [4.78, 5) is 4.17. The maximum absolute atomic E-state index is 6.11. The summed E-state index contributed by atoms with van der Waals surface area (Å²) in [5.41, 5.74) is 0. The van der Waals surface area contributed by atoms with Gasteiger partial charge in [-0.15, -0.1) is 0 Å². The van der Waals surface area contributed by atoms with Gasteiger partial charge in [0.1, 0.15) is 0 Å². The maximum atomic E-state index is 6.11. The van der Waals surface area contributed by atoms with Gasteiger partial charge >= 0.3 is 0 Å². The van der Waals surface area contributed by atoms with Crippen LogP contribution < -0.4 is 5.32 Å². The van der Waals surface area contributed by atoms with Gasteiger partial charge in [0, 0.05) is 18.3 Å². The van der Waals surface area contributed by atoms with E-state index >= 15 is 0 Å². The van der Waals surface area contributed by atoms with E-state index in [0.717, 1.165) is 0 Å². The number of allylic oxidation sites excluding steroid dienone is 1. The van der Waals surface area contributed by atoms with Crippen LogP contribution in [0.1, 0.15) is 12.8 Å². The summed E-state index contributed by atoms with van der Waals surface area (Å²) in [5.74, 6) is 0.537. The topological polar surface area (TPSA) is 24.4 Å². The Kier molecular flexibility index (Phi) is 1.24. The lowest BCUT2D eigenvalue weighted by atomic mass is 10.3. The lowest BCUT2D eigenvalue weighted by Crippen LogP contribution is -2.38. The first kappa shape index (κ1) is 6.23. The molecule has 1 saturated carbocycles. The standard InChI is InChI=1S/C7H9ClN2/c8-7(6-2-3-6)9-4-1-5-10-7/h1,4-6,9H,2-3H2. The number of halogens is 1. The molecule has 1 heterocycles. The van der Waals surface area contributed by atoms with Crippen molar-refractivity contribution in [1.82, 2.24) is 5.32 Å². The molecular weight excluding hydrogens is 148 g/mol. The Morgan fingerprint density at radius 2 is 2.40 bits per heavy atom. The van der Waals surface area contributed by atoms with Crippen LogP contribution in [0.2, 0.25) is 0 Å². The van der Waals surface area contributed by atoms with Crippen molar-refractivity contribution in [3.63, 3.8) is 0 Å². The van der Waals surface area contributed by atoms with Gasteiger partial charge < -0.3 is 5.32 Å². The fraction of sp³-hybridized carbons (Fsp3) is 0.571. The van der Waals surface area contributed by atoms with Gasteiger partial charge in [0.2, 0.25) is 5.12 Å². The summed E-state index contributed by atoms with van der Waals surface area (Å²) < 4.78 is 0. The molecule has 54 valence electrons. The molecule has 2 rings (SSSR count). The van der Waals surface area contributed by atoms with E-state index in [2.05, 4.69) is 10.3 Å². The normalized spacial score (nSPS) is 37.7. The minimum Gasteiger partial charge on any atom is -0.355 e. The number of nitrogens with one attached hydrogen (secondary N) is 1. The van der Waals surface area contributed by atoms with Gasteiger partial charge in [0.05, 0.1) is 0 Å². The number of rotatable bonds is 1. The first-order chi connectivity index (χ1) is 4.81. The Bertz CT molecular complexity index is 196. The molecule has 1 atom stereocenters. The van der Waals surface area contributed by atoms with Crippen LogP contribution in [0, 0.1) is 5.92 Å². The average Bonchev–Trinajstić information content (AvgIpc) is 2.69. The second kappa shape index (κ2) is 1.99. The number of nitrogens with zero attached hydrogens (tertiary/aromatic N) is 1. The van der Waals surface area contributed by atoms with Crippen LogP contribution in [-0.4, -0.2) is 11.3 Å². The van der Waals surface area contributed by atoms with Crippen LogP contribution in [0.4, 0.5) is 0 Å². The molecule has 0 amide bonds. The monoisotopic (exact) mass is 156 g/mol. The van der Waals surface area contributed by atoms with Gasteiger partial charge in [-0.2, -0.15) is 0 Å². The molecule has 3 heteroatoms. The van der Waals surface area contributed by atoms with Crippen molar-refractivity contribution in [2.45, 2.75) is 18.0 Å². The summed E-state index contributed by atoms with van der Waals surface area (Å²) >= 11 is 6.11. The van der Waals surface area contributed by atoms with Crippen molar-refractivity contribution in [2.75, 3.05) is 0 Å². The lowest BCUT2D eigenvalue weighted by molar-refractivity contribution is 0.477. The minimum absolute atomic E-state index is 0.505.